The molecule has 0 fully saturated rings. The monoisotopic (exact) mass is 235 g/mol. The van der Waals surface area contributed by atoms with Gasteiger partial charge in [0.15, 0.2) is 0 Å². The van der Waals surface area contributed by atoms with Crippen molar-refractivity contribution in [3.8, 4) is 11.8 Å². The summed E-state index contributed by atoms with van der Waals surface area (Å²) in [6.07, 6.45) is 1.72. The third kappa shape index (κ3) is 2.31. The Balaban J connectivity index is 2.03. The fourth-order valence-electron chi connectivity index (χ4n) is 2.05. The van der Waals surface area contributed by atoms with Crippen LogP contribution in [0.2, 0.25) is 0 Å². The van der Waals surface area contributed by atoms with E-state index >= 15 is 0 Å². The summed E-state index contributed by atoms with van der Waals surface area (Å²) < 4.78 is 5.79. The van der Waals surface area contributed by atoms with Crippen LogP contribution < -0.4 is 4.74 Å². The largest absolute Gasteiger partial charge is 0.490 e. The zero-order valence-electron chi connectivity index (χ0n) is 9.24. The molecule has 0 bridgehead atoms. The Labute approximate surface area is 101 Å². The van der Waals surface area contributed by atoms with Gasteiger partial charge in [-0.25, -0.2) is 0 Å². The molecule has 2 rings (SSSR count). The summed E-state index contributed by atoms with van der Waals surface area (Å²) in [5, 5.41) is 8.86. The zero-order chi connectivity index (χ0) is 11.5. The van der Waals surface area contributed by atoms with E-state index in [1.54, 1.807) is 0 Å². The van der Waals surface area contributed by atoms with E-state index in [2.05, 4.69) is 19.1 Å². The smallest absolute Gasteiger partial charge is 0.123 e. The first-order valence-corrected chi connectivity index (χ1v) is 5.98. The van der Waals surface area contributed by atoms with Crippen molar-refractivity contribution in [1.82, 2.24) is 0 Å². The second-order valence-corrected chi connectivity index (χ2v) is 4.58. The molecule has 0 aliphatic carbocycles. The number of halogens is 1. The Morgan fingerprint density at radius 1 is 1.62 bits per heavy atom. The van der Waals surface area contributed by atoms with Crippen LogP contribution in [-0.2, 0) is 6.42 Å². The average molecular weight is 236 g/mol. The number of alkyl halides is 1. The van der Waals surface area contributed by atoms with Gasteiger partial charge in [0.05, 0.1) is 12.0 Å². The molecule has 0 saturated carbocycles. The summed E-state index contributed by atoms with van der Waals surface area (Å²) >= 11 is 5.70. The van der Waals surface area contributed by atoms with Gasteiger partial charge in [0, 0.05) is 18.7 Å². The molecule has 1 aliphatic rings. The summed E-state index contributed by atoms with van der Waals surface area (Å²) in [6, 6.07) is 8.41. The number of aryl methyl sites for hydroxylation is 1. The van der Waals surface area contributed by atoms with Crippen molar-refractivity contribution in [3.05, 3.63) is 29.3 Å². The number of hydrogen-bond acceptors (Lipinski definition) is 2. The van der Waals surface area contributed by atoms with E-state index in [1.165, 1.54) is 11.1 Å². The van der Waals surface area contributed by atoms with E-state index in [1.807, 2.05) is 12.1 Å². The van der Waals surface area contributed by atoms with E-state index in [0.29, 0.717) is 12.3 Å². The second kappa shape index (κ2) is 4.76. The first kappa shape index (κ1) is 11.3. The quantitative estimate of drug-likeness (QED) is 0.755. The summed E-state index contributed by atoms with van der Waals surface area (Å²) in [5.74, 6) is 1.23. The minimum atomic E-state index is -0.109. The normalized spacial score (nSPS) is 19.7. The predicted octanol–water partition coefficient (Wildman–Crippen LogP) is 3.07. The molecule has 3 heteroatoms. The van der Waals surface area contributed by atoms with Gasteiger partial charge in [0.2, 0.25) is 0 Å². The summed E-state index contributed by atoms with van der Waals surface area (Å²) in [6.45, 7) is 2.07. The highest BCUT2D eigenvalue weighted by molar-refractivity contribution is 6.18. The Bertz CT molecular complexity index is 424. The summed E-state index contributed by atoms with van der Waals surface area (Å²) in [5.41, 5.74) is 2.49. The van der Waals surface area contributed by atoms with Gasteiger partial charge in [0.25, 0.3) is 0 Å². The van der Waals surface area contributed by atoms with Gasteiger partial charge in [-0.3, -0.25) is 0 Å². The molecule has 1 aromatic carbocycles. The lowest BCUT2D eigenvalue weighted by Gasteiger charge is -2.12. The molecule has 0 N–H and O–H groups in total. The molecule has 1 aromatic rings. The molecule has 1 aliphatic heterocycles. The minimum absolute atomic E-state index is 0.109. The number of rotatable bonds is 3. The predicted molar refractivity (Wildman–Crippen MR) is 63.7 cm³/mol. The van der Waals surface area contributed by atoms with Gasteiger partial charge >= 0.3 is 0 Å². The van der Waals surface area contributed by atoms with Crippen LogP contribution in [0.15, 0.2) is 18.2 Å². The van der Waals surface area contributed by atoms with Gasteiger partial charge in [-0.05, 0) is 18.6 Å². The highest BCUT2D eigenvalue weighted by atomic mass is 35.5. The van der Waals surface area contributed by atoms with Crippen LogP contribution in [0.3, 0.4) is 0 Å². The first-order valence-electron chi connectivity index (χ1n) is 5.44. The van der Waals surface area contributed by atoms with Crippen LogP contribution in [-0.4, -0.2) is 12.0 Å². The molecule has 0 radical (unpaired) electrons. The van der Waals surface area contributed by atoms with Gasteiger partial charge in [-0.15, -0.1) is 11.6 Å². The van der Waals surface area contributed by atoms with Crippen LogP contribution >= 0.6 is 11.6 Å². The Morgan fingerprint density at radius 3 is 3.12 bits per heavy atom. The molecule has 0 spiro atoms. The van der Waals surface area contributed by atoms with Crippen LogP contribution in [0.1, 0.15) is 17.5 Å². The Morgan fingerprint density at radius 2 is 2.44 bits per heavy atom. The molecule has 84 valence electrons. The maximum Gasteiger partial charge on any atom is 0.123 e. The lowest BCUT2D eigenvalue weighted by Crippen LogP contribution is -2.18. The zero-order valence-corrected chi connectivity index (χ0v) is 10.00. The topological polar surface area (TPSA) is 33.0 Å². The Hall–Kier alpha value is -1.20. The fraction of sp³-hybridized carbons (Fsp3) is 0.462. The minimum Gasteiger partial charge on any atom is -0.490 e. The van der Waals surface area contributed by atoms with E-state index in [-0.39, 0.29) is 12.0 Å². The number of fused-ring (bicyclic) bond motifs is 1. The maximum atomic E-state index is 8.86. The van der Waals surface area contributed by atoms with E-state index in [0.717, 1.165) is 12.2 Å². The second-order valence-electron chi connectivity index (χ2n) is 4.27. The average Bonchev–Trinajstić information content (AvgIpc) is 2.67. The molecule has 1 heterocycles. The van der Waals surface area contributed by atoms with Crippen molar-refractivity contribution in [3.63, 3.8) is 0 Å². The standard InChI is InChI=1S/C13H14ClNO/c1-9-2-3-13-11(4-9)6-12(16-13)5-10(7-14)8-15/h2-4,10,12H,5-7H2,1H3. The van der Waals surface area contributed by atoms with E-state index in [4.69, 9.17) is 21.6 Å². The number of ether oxygens (including phenoxy) is 1. The Kier molecular flexibility index (Phi) is 3.36. The highest BCUT2D eigenvalue weighted by Gasteiger charge is 2.25. The van der Waals surface area contributed by atoms with Crippen LogP contribution in [0, 0.1) is 24.2 Å². The SMILES string of the molecule is Cc1ccc2c(c1)CC(CC(C#N)CCl)O2. The number of nitriles is 1. The van der Waals surface area contributed by atoms with Gasteiger partial charge in [-0.1, -0.05) is 17.7 Å². The first-order chi connectivity index (χ1) is 7.72. The molecule has 16 heavy (non-hydrogen) atoms. The van der Waals surface area contributed by atoms with Crippen LogP contribution in [0.25, 0.3) is 0 Å². The lowest BCUT2D eigenvalue weighted by atomic mass is 10.0. The highest BCUT2D eigenvalue weighted by Crippen LogP contribution is 2.31. The van der Waals surface area contributed by atoms with Crippen molar-refractivity contribution in [1.29, 1.82) is 5.26 Å². The third-order valence-corrected chi connectivity index (χ3v) is 3.25. The molecule has 2 atom stereocenters. The molecular formula is C13H14ClNO. The van der Waals surface area contributed by atoms with Crippen molar-refractivity contribution in [2.75, 3.05) is 5.88 Å². The van der Waals surface area contributed by atoms with Crippen molar-refractivity contribution >= 4 is 11.6 Å². The molecule has 2 nitrogen and oxygen atoms in total. The number of hydrogen-bond donors (Lipinski definition) is 0. The molecule has 0 amide bonds. The van der Waals surface area contributed by atoms with Crippen molar-refractivity contribution in [2.45, 2.75) is 25.9 Å². The number of benzene rings is 1. The maximum absolute atomic E-state index is 8.86. The van der Waals surface area contributed by atoms with Crippen LogP contribution in [0.4, 0.5) is 0 Å². The molecule has 0 saturated heterocycles. The van der Waals surface area contributed by atoms with Gasteiger partial charge in [0.1, 0.15) is 11.9 Å². The van der Waals surface area contributed by atoms with Crippen LogP contribution in [0.5, 0.6) is 5.75 Å². The third-order valence-electron chi connectivity index (χ3n) is 2.87. The molecule has 2 unspecified atom stereocenters. The number of nitrogens with zero attached hydrogens (tertiary/aromatic N) is 1. The molecular weight excluding hydrogens is 222 g/mol. The summed E-state index contributed by atoms with van der Waals surface area (Å²) in [4.78, 5) is 0. The fourth-order valence-corrected chi connectivity index (χ4v) is 2.24. The van der Waals surface area contributed by atoms with E-state index < -0.39 is 0 Å². The summed E-state index contributed by atoms with van der Waals surface area (Å²) in [7, 11) is 0. The lowest BCUT2D eigenvalue weighted by molar-refractivity contribution is 0.209. The van der Waals surface area contributed by atoms with E-state index in [9.17, 15) is 0 Å². The van der Waals surface area contributed by atoms with Gasteiger partial charge in [-0.2, -0.15) is 5.26 Å². The van der Waals surface area contributed by atoms with Gasteiger partial charge < -0.3 is 4.74 Å². The van der Waals surface area contributed by atoms with Crippen molar-refractivity contribution < 1.29 is 4.74 Å². The molecule has 0 aromatic heterocycles. The van der Waals surface area contributed by atoms with Crippen molar-refractivity contribution in [2.24, 2.45) is 5.92 Å².